The molecule has 2 aromatic heterocycles. The number of amides is 1. The summed E-state index contributed by atoms with van der Waals surface area (Å²) in [7, 11) is 1.74. The van der Waals surface area contributed by atoms with Gasteiger partial charge in [-0.25, -0.2) is 22.7 Å². The molecule has 2 aromatic carbocycles. The van der Waals surface area contributed by atoms with Gasteiger partial charge in [-0.3, -0.25) is 4.79 Å². The summed E-state index contributed by atoms with van der Waals surface area (Å²) >= 11 is 0. The maximum Gasteiger partial charge on any atom is 0.272 e. The first-order chi connectivity index (χ1) is 20.1. The number of likely N-dealkylation sites (N-methyl/N-ethyl adjacent to an activating group) is 1. The number of rotatable bonds is 9. The molecule has 2 N–H and O–H groups in total. The Bertz CT molecular complexity index is 1800. The third-order valence-electron chi connectivity index (χ3n) is 7.12. The van der Waals surface area contributed by atoms with Crippen LogP contribution in [0.25, 0.3) is 5.65 Å². The number of hydrogen-bond donors (Lipinski definition) is 2. The van der Waals surface area contributed by atoms with Gasteiger partial charge in [0.1, 0.15) is 17.4 Å². The Morgan fingerprint density at radius 1 is 1.19 bits per heavy atom. The van der Waals surface area contributed by atoms with Crippen LogP contribution in [0.5, 0.6) is 5.75 Å². The SMILES string of the molecule is COc1ccc(CN(C)c2cc(Nc3ccccc3S(C)(=O)=O)nn3c(C(=O)N[C@@H]4CCN(C)C4=C=O)cnc23)cc1. The lowest BCUT2D eigenvalue weighted by Gasteiger charge is -2.21. The number of nitrogens with one attached hydrogen (secondary N) is 2. The number of anilines is 3. The van der Waals surface area contributed by atoms with E-state index in [1.54, 1.807) is 43.3 Å². The number of sulfone groups is 1. The molecule has 218 valence electrons. The fourth-order valence-corrected chi connectivity index (χ4v) is 5.78. The van der Waals surface area contributed by atoms with Gasteiger partial charge in [-0.15, -0.1) is 5.10 Å². The standard InChI is InChI=1S/C29H31N7O5S/c1-34-14-13-21(25(34)18-37)32-29(38)24-16-30-28-23(35(2)17-19-9-11-20(41-3)12-10-19)15-27(33-36(24)28)31-22-7-5-6-8-26(22)42(4,39)40/h5-12,15-16,21H,13-14,17H2,1-4H3,(H,31,33)(H,32,38)/t21-/m1/s1. The second-order valence-electron chi connectivity index (χ2n) is 10.1. The molecule has 5 rings (SSSR count). The van der Waals surface area contributed by atoms with Gasteiger partial charge in [0.25, 0.3) is 5.91 Å². The summed E-state index contributed by atoms with van der Waals surface area (Å²) in [5, 5.41) is 10.6. The molecule has 0 radical (unpaired) electrons. The minimum Gasteiger partial charge on any atom is -0.497 e. The molecule has 1 atom stereocenters. The molecule has 1 saturated heterocycles. The highest BCUT2D eigenvalue weighted by molar-refractivity contribution is 7.90. The fourth-order valence-electron chi connectivity index (χ4n) is 4.94. The van der Waals surface area contributed by atoms with Crippen LogP contribution >= 0.6 is 0 Å². The van der Waals surface area contributed by atoms with Crippen LogP contribution < -0.4 is 20.3 Å². The number of nitrogens with zero attached hydrogens (tertiary/aromatic N) is 5. The first-order valence-electron chi connectivity index (χ1n) is 13.1. The predicted molar refractivity (Wildman–Crippen MR) is 159 cm³/mol. The van der Waals surface area contributed by atoms with E-state index in [1.165, 1.54) is 16.8 Å². The van der Waals surface area contributed by atoms with Crippen molar-refractivity contribution in [3.63, 3.8) is 0 Å². The van der Waals surface area contributed by atoms with Crippen molar-refractivity contribution >= 4 is 44.5 Å². The van der Waals surface area contributed by atoms with Crippen LogP contribution in [-0.2, 0) is 21.2 Å². The van der Waals surface area contributed by atoms with Crippen molar-refractivity contribution in [2.75, 3.05) is 44.2 Å². The molecule has 1 amide bonds. The summed E-state index contributed by atoms with van der Waals surface area (Å²) in [5.41, 5.74) is 2.96. The van der Waals surface area contributed by atoms with E-state index in [0.29, 0.717) is 48.0 Å². The molecule has 3 heterocycles. The largest absolute Gasteiger partial charge is 0.497 e. The van der Waals surface area contributed by atoms with Gasteiger partial charge in [0.2, 0.25) is 0 Å². The minimum absolute atomic E-state index is 0.113. The molecule has 12 nitrogen and oxygen atoms in total. The van der Waals surface area contributed by atoms with Crippen molar-refractivity contribution in [2.24, 2.45) is 0 Å². The van der Waals surface area contributed by atoms with E-state index in [-0.39, 0.29) is 10.6 Å². The minimum atomic E-state index is -3.54. The molecular formula is C29H31N7O5S. The number of aromatic nitrogens is 3. The zero-order valence-corrected chi connectivity index (χ0v) is 24.5. The van der Waals surface area contributed by atoms with Gasteiger partial charge in [0.05, 0.1) is 35.6 Å². The lowest BCUT2D eigenvalue weighted by Crippen LogP contribution is -2.36. The molecule has 1 aliphatic heterocycles. The number of carbonyl (C=O) groups excluding carboxylic acids is 2. The molecule has 0 spiro atoms. The van der Waals surface area contributed by atoms with Crippen molar-refractivity contribution in [2.45, 2.75) is 23.9 Å². The van der Waals surface area contributed by atoms with Crippen LogP contribution in [0.15, 0.2) is 71.4 Å². The molecule has 13 heteroatoms. The van der Waals surface area contributed by atoms with E-state index in [4.69, 9.17) is 4.74 Å². The molecule has 1 fully saturated rings. The number of imidazole rings is 1. The molecule has 4 aromatic rings. The van der Waals surface area contributed by atoms with Crippen LogP contribution in [0.2, 0.25) is 0 Å². The van der Waals surface area contributed by atoms with E-state index in [9.17, 15) is 18.0 Å². The van der Waals surface area contributed by atoms with Crippen LogP contribution in [0.4, 0.5) is 17.2 Å². The summed E-state index contributed by atoms with van der Waals surface area (Å²) in [5.74, 6) is 2.51. The van der Waals surface area contributed by atoms with E-state index >= 15 is 0 Å². The first-order valence-corrected chi connectivity index (χ1v) is 15.0. The molecule has 0 aliphatic carbocycles. The Morgan fingerprint density at radius 2 is 1.93 bits per heavy atom. The normalized spacial score (nSPS) is 15.0. The third kappa shape index (κ3) is 5.78. The average molecular weight is 590 g/mol. The molecule has 1 aliphatic rings. The highest BCUT2D eigenvalue weighted by Gasteiger charge is 2.29. The fraction of sp³-hybridized carbons (Fsp3) is 0.276. The van der Waals surface area contributed by atoms with Gasteiger partial charge < -0.3 is 25.2 Å². The van der Waals surface area contributed by atoms with Crippen LogP contribution in [0, 0.1) is 0 Å². The van der Waals surface area contributed by atoms with E-state index in [1.807, 2.05) is 42.2 Å². The predicted octanol–water partition coefficient (Wildman–Crippen LogP) is 2.67. The van der Waals surface area contributed by atoms with Crippen molar-refractivity contribution in [1.82, 2.24) is 24.8 Å². The summed E-state index contributed by atoms with van der Waals surface area (Å²) in [4.78, 5) is 33.3. The zero-order valence-electron chi connectivity index (χ0n) is 23.7. The average Bonchev–Trinajstić information content (AvgIpc) is 3.55. The molecule has 0 saturated carbocycles. The maximum atomic E-state index is 13.4. The smallest absolute Gasteiger partial charge is 0.272 e. The van der Waals surface area contributed by atoms with Crippen LogP contribution in [0.1, 0.15) is 22.5 Å². The van der Waals surface area contributed by atoms with Gasteiger partial charge in [-0.2, -0.15) is 0 Å². The topological polar surface area (TPSA) is 138 Å². The van der Waals surface area contributed by atoms with E-state index in [0.717, 1.165) is 17.6 Å². The molecular weight excluding hydrogens is 558 g/mol. The molecule has 42 heavy (non-hydrogen) atoms. The lowest BCUT2D eigenvalue weighted by atomic mass is 10.2. The number of benzene rings is 2. The van der Waals surface area contributed by atoms with Gasteiger partial charge in [-0.1, -0.05) is 24.3 Å². The zero-order chi connectivity index (χ0) is 30.0. The Balaban J connectivity index is 1.56. The Kier molecular flexibility index (Phi) is 7.88. The number of fused-ring (bicyclic) bond motifs is 1. The Morgan fingerprint density at radius 3 is 2.62 bits per heavy atom. The highest BCUT2D eigenvalue weighted by atomic mass is 32.2. The summed E-state index contributed by atoms with van der Waals surface area (Å²) in [6.45, 7) is 1.12. The lowest BCUT2D eigenvalue weighted by molar-refractivity contribution is 0.0936. The van der Waals surface area contributed by atoms with Crippen molar-refractivity contribution in [3.05, 3.63) is 77.7 Å². The number of para-hydroxylation sites is 1. The third-order valence-corrected chi connectivity index (χ3v) is 8.28. The second kappa shape index (κ2) is 11.6. The second-order valence-corrected chi connectivity index (χ2v) is 12.1. The number of carbonyl (C=O) groups is 1. The highest BCUT2D eigenvalue weighted by Crippen LogP contribution is 2.29. The monoisotopic (exact) mass is 589 g/mol. The van der Waals surface area contributed by atoms with Crippen LogP contribution in [0.3, 0.4) is 0 Å². The number of hydrogen-bond acceptors (Lipinski definition) is 10. The van der Waals surface area contributed by atoms with Gasteiger partial charge in [0.15, 0.2) is 27.0 Å². The van der Waals surface area contributed by atoms with Gasteiger partial charge in [-0.05, 0) is 36.2 Å². The summed E-state index contributed by atoms with van der Waals surface area (Å²) in [6, 6.07) is 15.5. The van der Waals surface area contributed by atoms with E-state index in [2.05, 4.69) is 20.7 Å². The quantitative estimate of drug-likeness (QED) is 0.280. The summed E-state index contributed by atoms with van der Waals surface area (Å²) < 4.78 is 31.6. The first kappa shape index (κ1) is 28.7. The van der Waals surface area contributed by atoms with Crippen LogP contribution in [-0.4, -0.2) is 79.8 Å². The van der Waals surface area contributed by atoms with Gasteiger partial charge >= 0.3 is 0 Å². The Hall–Kier alpha value is -4.87. The van der Waals surface area contributed by atoms with Crippen molar-refractivity contribution in [3.8, 4) is 5.75 Å². The van der Waals surface area contributed by atoms with E-state index < -0.39 is 21.8 Å². The number of methoxy groups -OCH3 is 1. The summed E-state index contributed by atoms with van der Waals surface area (Å²) in [6.07, 6.45) is 3.14. The van der Waals surface area contributed by atoms with Gasteiger partial charge in [0, 0.05) is 39.5 Å². The molecule has 0 unspecified atom stereocenters. The van der Waals surface area contributed by atoms with Crippen molar-refractivity contribution < 1.29 is 22.7 Å². The number of likely N-dealkylation sites (tertiary alicyclic amines) is 1. The van der Waals surface area contributed by atoms with Crippen molar-refractivity contribution in [1.29, 1.82) is 0 Å². The Labute approximate surface area is 243 Å². The number of ether oxygens (including phenoxy) is 1. The maximum absolute atomic E-state index is 13.4. The molecule has 0 bridgehead atoms.